The van der Waals surface area contributed by atoms with Crippen molar-refractivity contribution in [1.29, 1.82) is 0 Å². The Morgan fingerprint density at radius 3 is 2.69 bits per heavy atom. The van der Waals surface area contributed by atoms with Gasteiger partial charge in [-0.15, -0.1) is 33.3 Å². The van der Waals surface area contributed by atoms with Crippen molar-refractivity contribution in [3.05, 3.63) is 38.2 Å². The Hall–Kier alpha value is -1.97. The number of β-lactam (4-membered cyclic amide) rings is 1. The van der Waals surface area contributed by atoms with Gasteiger partial charge in [0.15, 0.2) is 4.34 Å². The van der Waals surface area contributed by atoms with Gasteiger partial charge in [-0.1, -0.05) is 23.1 Å². The highest BCUT2D eigenvalue weighted by molar-refractivity contribution is 8.01. The monoisotopic (exact) mass is 555 g/mol. The van der Waals surface area contributed by atoms with Crippen LogP contribution in [0.5, 0.6) is 0 Å². The second-order valence-electron chi connectivity index (χ2n) is 8.24. The Bertz CT molecular complexity index is 1180. The number of nitrogens with one attached hydrogen (secondary N) is 1. The minimum atomic E-state index is -1.60. The first kappa shape index (κ1) is 26.1. The molecule has 2 aromatic rings. The summed E-state index contributed by atoms with van der Waals surface area (Å²) in [5.74, 6) is -1.36. The van der Waals surface area contributed by atoms with Crippen LogP contribution in [0.15, 0.2) is 27.7 Å². The number of nitrogens with zero attached hydrogens (tertiary/aromatic N) is 4. The van der Waals surface area contributed by atoms with Crippen molar-refractivity contribution in [2.75, 3.05) is 32.7 Å². The molecule has 2 aromatic heterocycles. The van der Waals surface area contributed by atoms with Crippen LogP contribution in [0, 0.1) is 6.92 Å². The Labute approximate surface area is 219 Å². The van der Waals surface area contributed by atoms with Gasteiger partial charge in [-0.2, -0.15) is 0 Å². The number of rotatable bonds is 10. The SMILES string of the molecule is CO[C@@]1(NC(=O)Cc2ccc(CN(C)C)s2)C(=O)N2C(C(=O)O)=C(CSc3nnc(C)s3)CS[C@@H]21. The maximum absolute atomic E-state index is 13.2. The van der Waals surface area contributed by atoms with E-state index in [9.17, 15) is 19.5 Å². The summed E-state index contributed by atoms with van der Waals surface area (Å²) in [4.78, 5) is 43.5. The van der Waals surface area contributed by atoms with E-state index in [1.54, 1.807) is 11.3 Å². The van der Waals surface area contributed by atoms with E-state index in [1.807, 2.05) is 38.1 Å². The summed E-state index contributed by atoms with van der Waals surface area (Å²) in [6.07, 6.45) is 0.110. The van der Waals surface area contributed by atoms with Crippen LogP contribution in [-0.2, 0) is 32.1 Å². The summed E-state index contributed by atoms with van der Waals surface area (Å²) >= 11 is 5.74. The predicted octanol–water partition coefficient (Wildman–Crippen LogP) is 2.02. The van der Waals surface area contributed by atoms with Gasteiger partial charge in [0.2, 0.25) is 5.91 Å². The van der Waals surface area contributed by atoms with Crippen LogP contribution in [0.25, 0.3) is 0 Å². The van der Waals surface area contributed by atoms with Gasteiger partial charge in [-0.25, -0.2) is 4.79 Å². The molecule has 35 heavy (non-hydrogen) atoms. The van der Waals surface area contributed by atoms with E-state index >= 15 is 0 Å². The number of carboxylic acids is 1. The normalized spacial score (nSPS) is 21.8. The van der Waals surface area contributed by atoms with Crippen molar-refractivity contribution in [3.8, 4) is 0 Å². The Balaban J connectivity index is 1.47. The number of aromatic nitrogens is 2. The quantitative estimate of drug-likeness (QED) is 0.256. The zero-order valence-corrected chi connectivity index (χ0v) is 22.8. The van der Waals surface area contributed by atoms with Gasteiger partial charge in [0.05, 0.1) is 6.42 Å². The molecule has 0 aliphatic carbocycles. The van der Waals surface area contributed by atoms with Gasteiger partial charge in [0.1, 0.15) is 16.1 Å². The first-order valence-corrected chi connectivity index (χ1v) is 14.2. The zero-order chi connectivity index (χ0) is 25.3. The number of carbonyl (C=O) groups excluding carboxylic acids is 2. The van der Waals surface area contributed by atoms with Crippen molar-refractivity contribution in [3.63, 3.8) is 0 Å². The molecule has 2 atom stereocenters. The van der Waals surface area contributed by atoms with E-state index < -0.39 is 23.0 Å². The number of hydrogen-bond acceptors (Lipinski definition) is 11. The molecular formula is C21H25N5O5S4. The van der Waals surface area contributed by atoms with Crippen LogP contribution in [-0.4, -0.2) is 86.7 Å². The standard InChI is InChI=1S/C21H25N5O5S4/c1-11-23-24-20(34-11)33-10-12-9-32-19-21(31-4,18(30)26(19)16(12)17(28)29)22-15(27)7-13-5-6-14(35-13)8-25(2)3/h5-6,19H,7-10H2,1-4H3,(H,22,27)(H,28,29)/t19-,21+/m1/s1. The van der Waals surface area contributed by atoms with Gasteiger partial charge in [0, 0.05) is 34.9 Å². The minimum absolute atomic E-state index is 0.0546. The molecule has 188 valence electrons. The molecule has 0 saturated carbocycles. The summed E-state index contributed by atoms with van der Waals surface area (Å²) in [5.41, 5.74) is -1.03. The fourth-order valence-electron chi connectivity index (χ4n) is 3.86. The third-order valence-corrected chi connectivity index (χ3v) is 9.86. The number of hydrogen-bond donors (Lipinski definition) is 2. The van der Waals surface area contributed by atoms with E-state index in [1.165, 1.54) is 46.9 Å². The van der Waals surface area contributed by atoms with Gasteiger partial charge < -0.3 is 20.1 Å². The fourth-order valence-corrected chi connectivity index (χ4v) is 8.39. The number of ether oxygens (including phenoxy) is 1. The van der Waals surface area contributed by atoms with E-state index in [2.05, 4.69) is 15.5 Å². The number of carbonyl (C=O) groups is 3. The molecule has 1 saturated heterocycles. The molecule has 14 heteroatoms. The van der Waals surface area contributed by atoms with Gasteiger partial charge >= 0.3 is 5.97 Å². The minimum Gasteiger partial charge on any atom is -0.477 e. The van der Waals surface area contributed by atoms with Crippen LogP contribution >= 0.6 is 46.2 Å². The molecule has 2 aliphatic heterocycles. The summed E-state index contributed by atoms with van der Waals surface area (Å²) in [6.45, 7) is 2.63. The molecule has 0 spiro atoms. The number of methoxy groups -OCH3 is 1. The first-order valence-electron chi connectivity index (χ1n) is 10.6. The highest BCUT2D eigenvalue weighted by Gasteiger charge is 2.66. The molecule has 2 aliphatic rings. The van der Waals surface area contributed by atoms with Crippen molar-refractivity contribution in [2.24, 2.45) is 0 Å². The Morgan fingerprint density at radius 2 is 2.06 bits per heavy atom. The molecule has 0 radical (unpaired) electrons. The first-order chi connectivity index (χ1) is 16.6. The van der Waals surface area contributed by atoms with Crippen LogP contribution in [0.1, 0.15) is 14.8 Å². The molecule has 4 heterocycles. The van der Waals surface area contributed by atoms with E-state index in [4.69, 9.17) is 4.74 Å². The van der Waals surface area contributed by atoms with E-state index in [-0.39, 0.29) is 18.0 Å². The topological polar surface area (TPSA) is 125 Å². The zero-order valence-electron chi connectivity index (χ0n) is 19.6. The number of amides is 2. The Kier molecular flexibility index (Phi) is 7.88. The lowest BCUT2D eigenvalue weighted by molar-refractivity contribution is -0.192. The van der Waals surface area contributed by atoms with Gasteiger partial charge in [-0.05, 0) is 38.7 Å². The summed E-state index contributed by atoms with van der Waals surface area (Å²) in [7, 11) is 5.31. The summed E-state index contributed by atoms with van der Waals surface area (Å²) < 4.78 is 6.27. The molecule has 10 nitrogen and oxygen atoms in total. The molecule has 0 unspecified atom stereocenters. The van der Waals surface area contributed by atoms with Crippen molar-refractivity contribution in [2.45, 2.75) is 35.3 Å². The number of fused-ring (bicyclic) bond motifs is 1. The molecular weight excluding hydrogens is 531 g/mol. The van der Waals surface area contributed by atoms with Crippen LogP contribution in [0.2, 0.25) is 0 Å². The Morgan fingerprint density at radius 1 is 1.31 bits per heavy atom. The maximum Gasteiger partial charge on any atom is 0.352 e. The lowest BCUT2D eigenvalue weighted by Crippen LogP contribution is -2.80. The molecule has 0 aromatic carbocycles. The fraction of sp³-hybridized carbons (Fsp3) is 0.476. The van der Waals surface area contributed by atoms with Gasteiger partial charge in [0.25, 0.3) is 11.6 Å². The smallest absolute Gasteiger partial charge is 0.352 e. The summed E-state index contributed by atoms with van der Waals surface area (Å²) in [5, 5.41) is 20.8. The third-order valence-electron chi connectivity index (χ3n) is 5.36. The second-order valence-corrected chi connectivity index (χ2v) is 13.0. The van der Waals surface area contributed by atoms with E-state index in [0.717, 1.165) is 25.6 Å². The number of aliphatic carboxylic acids is 1. The summed E-state index contributed by atoms with van der Waals surface area (Å²) in [6, 6.07) is 3.89. The number of carboxylic acid groups (broad SMARTS) is 1. The third kappa shape index (κ3) is 5.27. The van der Waals surface area contributed by atoms with Crippen LogP contribution in [0.4, 0.5) is 0 Å². The molecule has 0 bridgehead atoms. The number of thiophene rings is 1. The lowest BCUT2D eigenvalue weighted by Gasteiger charge is -2.55. The largest absolute Gasteiger partial charge is 0.477 e. The highest BCUT2D eigenvalue weighted by atomic mass is 32.2. The molecule has 1 fully saturated rings. The second kappa shape index (κ2) is 10.6. The highest BCUT2D eigenvalue weighted by Crippen LogP contribution is 2.47. The maximum atomic E-state index is 13.2. The van der Waals surface area contributed by atoms with Crippen LogP contribution < -0.4 is 5.32 Å². The molecule has 4 rings (SSSR count). The average molecular weight is 556 g/mol. The number of thioether (sulfide) groups is 2. The molecule has 2 N–H and O–H groups in total. The van der Waals surface area contributed by atoms with Gasteiger partial charge in [-0.3, -0.25) is 14.5 Å². The van der Waals surface area contributed by atoms with Crippen molar-refractivity contribution < 1.29 is 24.2 Å². The number of aryl methyl sites for hydroxylation is 1. The average Bonchev–Trinajstić information content (AvgIpc) is 3.42. The van der Waals surface area contributed by atoms with Crippen molar-refractivity contribution in [1.82, 2.24) is 25.3 Å². The molecule has 2 amide bonds. The van der Waals surface area contributed by atoms with E-state index in [0.29, 0.717) is 17.1 Å². The van der Waals surface area contributed by atoms with Crippen LogP contribution in [0.3, 0.4) is 0 Å². The predicted molar refractivity (Wildman–Crippen MR) is 136 cm³/mol. The van der Waals surface area contributed by atoms with Crippen molar-refractivity contribution >= 4 is 64.0 Å². The lowest BCUT2D eigenvalue weighted by atomic mass is 9.98.